The number of nitrogens with zero attached hydrogens (tertiary/aromatic N) is 1. The Kier molecular flexibility index (Phi) is 5.04. The number of aliphatic imine (C=N–C) groups is 1. The molecule has 1 fully saturated rings. The van der Waals surface area contributed by atoms with Crippen molar-refractivity contribution in [3.05, 3.63) is 47.0 Å². The zero-order valence-corrected chi connectivity index (χ0v) is 12.2. The second kappa shape index (κ2) is 6.98. The molecule has 0 atom stereocenters. The maximum Gasteiger partial charge on any atom is 0.343 e. The van der Waals surface area contributed by atoms with Gasteiger partial charge in [0.2, 0.25) is 0 Å². The van der Waals surface area contributed by atoms with Crippen LogP contribution >= 0.6 is 0 Å². The number of rotatable bonds is 6. The van der Waals surface area contributed by atoms with Crippen LogP contribution < -0.4 is 0 Å². The Bertz CT molecular complexity index is 631. The first-order valence-corrected chi connectivity index (χ1v) is 7.01. The highest BCUT2D eigenvalue weighted by molar-refractivity contribution is 6.20. The lowest BCUT2D eigenvalue weighted by Gasteiger charge is -2.08. The fourth-order valence-corrected chi connectivity index (χ4v) is 1.71. The van der Waals surface area contributed by atoms with Gasteiger partial charge in [0.15, 0.2) is 5.76 Å². The zero-order chi connectivity index (χ0) is 16.1. The summed E-state index contributed by atoms with van der Waals surface area (Å²) in [5.41, 5.74) is -0.158. The largest absolute Gasteiger partial charge is 0.505 e. The smallest absolute Gasteiger partial charge is 0.343 e. The number of carbonyl (C=O) groups is 1. The van der Waals surface area contributed by atoms with E-state index < -0.39 is 17.5 Å². The summed E-state index contributed by atoms with van der Waals surface area (Å²) >= 11 is 0. The molecule has 0 amide bonds. The maximum absolute atomic E-state index is 12.9. The number of benzene rings is 1. The van der Waals surface area contributed by atoms with Gasteiger partial charge < -0.3 is 9.84 Å². The first-order valence-electron chi connectivity index (χ1n) is 7.01. The summed E-state index contributed by atoms with van der Waals surface area (Å²) in [6, 6.07) is 5.24. The van der Waals surface area contributed by atoms with Gasteiger partial charge in [-0.15, -0.1) is 0 Å². The second-order valence-electron chi connectivity index (χ2n) is 4.87. The third-order valence-electron chi connectivity index (χ3n) is 3.08. The molecular weight excluding hydrogens is 287 g/mol. The molecule has 1 aromatic rings. The number of aliphatic hydroxyl groups excluding tert-OH is 1. The summed E-state index contributed by atoms with van der Waals surface area (Å²) < 4.78 is 17.8. The Hall–Kier alpha value is -2.50. The van der Waals surface area contributed by atoms with E-state index in [0.717, 1.165) is 12.8 Å². The molecule has 2 N–H and O–H groups in total. The molecule has 0 saturated heterocycles. The predicted molar refractivity (Wildman–Crippen MR) is 81.0 cm³/mol. The Morgan fingerprint density at radius 3 is 2.64 bits per heavy atom. The first-order chi connectivity index (χ1) is 10.5. The minimum atomic E-state index is -0.740. The van der Waals surface area contributed by atoms with Crippen molar-refractivity contribution in [2.45, 2.75) is 25.8 Å². The summed E-state index contributed by atoms with van der Waals surface area (Å²) in [5, 5.41) is 18.2. The van der Waals surface area contributed by atoms with Gasteiger partial charge in [-0.25, -0.2) is 9.18 Å². The van der Waals surface area contributed by atoms with Crippen LogP contribution in [0, 0.1) is 11.2 Å². The highest BCUT2D eigenvalue weighted by Crippen LogP contribution is 2.23. The summed E-state index contributed by atoms with van der Waals surface area (Å²) in [6.45, 7) is 1.80. The molecule has 1 saturated carbocycles. The standard InChI is InChI=1S/C16H17FN2O3/c1-2-22-16(21)13(9-19-12-7-8-12)15(20)14(18)10-3-5-11(17)6-4-10/h3-6,9,12,18,20H,2,7-8H2,1H3. The number of esters is 1. The quantitative estimate of drug-likeness (QED) is 0.367. The number of allylic oxidation sites excluding steroid dienone is 1. The van der Waals surface area contributed by atoms with E-state index >= 15 is 0 Å². The Morgan fingerprint density at radius 1 is 1.45 bits per heavy atom. The van der Waals surface area contributed by atoms with E-state index in [1.807, 2.05) is 0 Å². The average molecular weight is 304 g/mol. The SMILES string of the molecule is CCOC(=O)C(C=NC1CC1)=C(O)C(=N)c1ccc(F)cc1. The summed E-state index contributed by atoms with van der Waals surface area (Å²) in [5.74, 6) is -1.72. The van der Waals surface area contributed by atoms with Gasteiger partial charge in [0.1, 0.15) is 17.1 Å². The normalized spacial score (nSPS) is 15.5. The fourth-order valence-electron chi connectivity index (χ4n) is 1.71. The van der Waals surface area contributed by atoms with Crippen molar-refractivity contribution in [1.82, 2.24) is 0 Å². The second-order valence-corrected chi connectivity index (χ2v) is 4.87. The van der Waals surface area contributed by atoms with Gasteiger partial charge in [-0.2, -0.15) is 0 Å². The van der Waals surface area contributed by atoms with Crippen LogP contribution in [0.5, 0.6) is 0 Å². The first kappa shape index (κ1) is 15.9. The van der Waals surface area contributed by atoms with Crippen molar-refractivity contribution in [3.63, 3.8) is 0 Å². The zero-order valence-electron chi connectivity index (χ0n) is 12.2. The van der Waals surface area contributed by atoms with Crippen molar-refractivity contribution >= 4 is 17.9 Å². The molecule has 0 unspecified atom stereocenters. The van der Waals surface area contributed by atoms with E-state index in [4.69, 9.17) is 10.1 Å². The predicted octanol–water partition coefficient (Wildman–Crippen LogP) is 2.80. The van der Waals surface area contributed by atoms with Crippen molar-refractivity contribution in [1.29, 1.82) is 5.41 Å². The van der Waals surface area contributed by atoms with E-state index in [-0.39, 0.29) is 23.9 Å². The number of hydrogen-bond acceptors (Lipinski definition) is 5. The molecule has 22 heavy (non-hydrogen) atoms. The summed E-state index contributed by atoms with van der Waals surface area (Å²) in [7, 11) is 0. The van der Waals surface area contributed by atoms with Crippen LogP contribution in [0.25, 0.3) is 0 Å². The molecule has 1 aliphatic rings. The molecule has 0 spiro atoms. The Balaban J connectivity index is 2.31. The summed E-state index contributed by atoms with van der Waals surface area (Å²) in [4.78, 5) is 16.1. The van der Waals surface area contributed by atoms with Crippen LogP contribution in [0.3, 0.4) is 0 Å². The lowest BCUT2D eigenvalue weighted by molar-refractivity contribution is -0.138. The number of halogens is 1. The number of aliphatic hydroxyl groups is 1. The van der Waals surface area contributed by atoms with Gasteiger partial charge in [0.25, 0.3) is 0 Å². The lowest BCUT2D eigenvalue weighted by Crippen LogP contribution is -2.16. The Labute approximate surface area is 127 Å². The van der Waals surface area contributed by atoms with Crippen LogP contribution in [-0.4, -0.2) is 35.7 Å². The van der Waals surface area contributed by atoms with E-state index in [1.165, 1.54) is 30.5 Å². The van der Waals surface area contributed by atoms with Gasteiger partial charge in [0, 0.05) is 11.8 Å². The van der Waals surface area contributed by atoms with Crippen LogP contribution in [0.15, 0.2) is 40.6 Å². The van der Waals surface area contributed by atoms with Crippen molar-refractivity contribution in [2.75, 3.05) is 6.61 Å². The topological polar surface area (TPSA) is 82.7 Å². The Morgan fingerprint density at radius 2 is 2.09 bits per heavy atom. The molecule has 6 heteroatoms. The highest BCUT2D eigenvalue weighted by Gasteiger charge is 2.23. The molecule has 1 aliphatic carbocycles. The molecule has 0 aromatic heterocycles. The van der Waals surface area contributed by atoms with Gasteiger partial charge in [0.05, 0.1) is 12.6 Å². The maximum atomic E-state index is 12.9. The molecule has 5 nitrogen and oxygen atoms in total. The molecule has 2 rings (SSSR count). The number of carbonyl (C=O) groups excluding carboxylic acids is 1. The third-order valence-corrected chi connectivity index (χ3v) is 3.08. The van der Waals surface area contributed by atoms with Gasteiger partial charge in [-0.1, -0.05) is 0 Å². The van der Waals surface area contributed by atoms with Gasteiger partial charge in [-0.3, -0.25) is 10.4 Å². The van der Waals surface area contributed by atoms with E-state index in [1.54, 1.807) is 6.92 Å². The molecule has 0 heterocycles. The molecule has 0 bridgehead atoms. The van der Waals surface area contributed by atoms with Crippen LogP contribution in [0.2, 0.25) is 0 Å². The average Bonchev–Trinajstić information content (AvgIpc) is 3.32. The third kappa shape index (κ3) is 4.00. The lowest BCUT2D eigenvalue weighted by atomic mass is 10.1. The molecular formula is C16H17FN2O3. The molecule has 0 aliphatic heterocycles. The molecule has 1 aromatic carbocycles. The van der Waals surface area contributed by atoms with Gasteiger partial charge in [-0.05, 0) is 44.0 Å². The van der Waals surface area contributed by atoms with Crippen molar-refractivity contribution in [3.8, 4) is 0 Å². The molecule has 0 radical (unpaired) electrons. The monoisotopic (exact) mass is 304 g/mol. The number of nitrogens with one attached hydrogen (secondary N) is 1. The van der Waals surface area contributed by atoms with Crippen LogP contribution in [0.4, 0.5) is 4.39 Å². The highest BCUT2D eigenvalue weighted by atomic mass is 19.1. The van der Waals surface area contributed by atoms with E-state index in [9.17, 15) is 14.3 Å². The number of hydrogen-bond donors (Lipinski definition) is 2. The van der Waals surface area contributed by atoms with Crippen molar-refractivity contribution < 1.29 is 19.0 Å². The minimum absolute atomic E-state index is 0.150. The van der Waals surface area contributed by atoms with Crippen molar-refractivity contribution in [2.24, 2.45) is 4.99 Å². The van der Waals surface area contributed by atoms with E-state index in [2.05, 4.69) is 4.99 Å². The molecule has 116 valence electrons. The number of ether oxygens (including phenoxy) is 1. The minimum Gasteiger partial charge on any atom is -0.505 e. The van der Waals surface area contributed by atoms with Crippen LogP contribution in [-0.2, 0) is 9.53 Å². The van der Waals surface area contributed by atoms with Crippen LogP contribution in [0.1, 0.15) is 25.3 Å². The van der Waals surface area contributed by atoms with E-state index in [0.29, 0.717) is 5.56 Å². The summed E-state index contributed by atoms with van der Waals surface area (Å²) in [6.07, 6.45) is 3.15. The fraction of sp³-hybridized carbons (Fsp3) is 0.312. The van der Waals surface area contributed by atoms with Gasteiger partial charge >= 0.3 is 5.97 Å².